The summed E-state index contributed by atoms with van der Waals surface area (Å²) < 4.78 is 0. The van der Waals surface area contributed by atoms with E-state index in [1.165, 1.54) is 0 Å². The molecule has 0 aromatic heterocycles. The first-order valence-electron chi connectivity index (χ1n) is 10.9. The number of para-hydroxylation sites is 1. The fourth-order valence-electron chi connectivity index (χ4n) is 3.72. The summed E-state index contributed by atoms with van der Waals surface area (Å²) in [6.07, 6.45) is 2.16. The van der Waals surface area contributed by atoms with Crippen molar-refractivity contribution in [2.75, 3.05) is 18.0 Å². The third-order valence-electron chi connectivity index (χ3n) is 5.92. The van der Waals surface area contributed by atoms with Crippen molar-refractivity contribution < 1.29 is 9.59 Å². The van der Waals surface area contributed by atoms with E-state index in [0.29, 0.717) is 12.3 Å². The Balaban J connectivity index is 1.56. The second kappa shape index (κ2) is 10.3. The third-order valence-corrected chi connectivity index (χ3v) is 5.92. The molecule has 1 fully saturated rings. The van der Waals surface area contributed by atoms with Gasteiger partial charge >= 0.3 is 0 Å². The van der Waals surface area contributed by atoms with Gasteiger partial charge in [0.1, 0.15) is 0 Å². The van der Waals surface area contributed by atoms with E-state index in [4.69, 9.17) is 0 Å². The molecule has 30 heavy (non-hydrogen) atoms. The largest absolute Gasteiger partial charge is 0.371 e. The molecule has 0 aliphatic carbocycles. The predicted octanol–water partition coefficient (Wildman–Crippen LogP) is 3.79. The van der Waals surface area contributed by atoms with Gasteiger partial charge in [0.05, 0.1) is 12.0 Å². The van der Waals surface area contributed by atoms with Gasteiger partial charge in [0, 0.05) is 30.9 Å². The van der Waals surface area contributed by atoms with Crippen LogP contribution in [0.2, 0.25) is 0 Å². The molecule has 1 atom stereocenters. The molecular formula is C25H33N3O2. The summed E-state index contributed by atoms with van der Waals surface area (Å²) in [6.45, 7) is 7.89. The van der Waals surface area contributed by atoms with Crippen molar-refractivity contribution in [2.45, 2.75) is 52.1 Å². The van der Waals surface area contributed by atoms with Crippen LogP contribution in [0.3, 0.4) is 0 Å². The van der Waals surface area contributed by atoms with Crippen molar-refractivity contribution in [1.29, 1.82) is 0 Å². The Morgan fingerprint density at radius 1 is 0.967 bits per heavy atom. The molecule has 3 rings (SSSR count). The third kappa shape index (κ3) is 5.85. The number of benzene rings is 2. The Morgan fingerprint density at radius 3 is 2.27 bits per heavy atom. The summed E-state index contributed by atoms with van der Waals surface area (Å²) in [7, 11) is 0. The lowest BCUT2D eigenvalue weighted by Gasteiger charge is -2.35. The fourth-order valence-corrected chi connectivity index (χ4v) is 3.72. The highest BCUT2D eigenvalue weighted by Crippen LogP contribution is 2.24. The molecule has 2 aromatic rings. The Kier molecular flexibility index (Phi) is 7.50. The summed E-state index contributed by atoms with van der Waals surface area (Å²) in [5.41, 5.74) is 2.72. The van der Waals surface area contributed by atoms with Crippen LogP contribution in [0.4, 0.5) is 5.69 Å². The molecule has 0 radical (unpaired) electrons. The highest BCUT2D eigenvalue weighted by atomic mass is 16.2. The van der Waals surface area contributed by atoms with Gasteiger partial charge in [-0.1, -0.05) is 56.3 Å². The molecule has 2 N–H and O–H groups in total. The number of rotatable bonds is 7. The molecule has 0 bridgehead atoms. The van der Waals surface area contributed by atoms with Crippen molar-refractivity contribution in [3.05, 3.63) is 65.7 Å². The Hall–Kier alpha value is -2.82. The van der Waals surface area contributed by atoms with Gasteiger partial charge in [0.15, 0.2) is 0 Å². The van der Waals surface area contributed by atoms with Crippen LogP contribution in [-0.4, -0.2) is 37.0 Å². The zero-order valence-corrected chi connectivity index (χ0v) is 18.2. The van der Waals surface area contributed by atoms with E-state index in [2.05, 4.69) is 29.4 Å². The first-order chi connectivity index (χ1) is 14.4. The van der Waals surface area contributed by atoms with Crippen molar-refractivity contribution >= 4 is 17.5 Å². The Morgan fingerprint density at radius 2 is 1.60 bits per heavy atom. The summed E-state index contributed by atoms with van der Waals surface area (Å²) in [4.78, 5) is 27.4. The molecule has 160 valence electrons. The van der Waals surface area contributed by atoms with E-state index in [1.54, 1.807) is 0 Å². The van der Waals surface area contributed by atoms with Crippen LogP contribution in [0.25, 0.3) is 0 Å². The minimum absolute atomic E-state index is 0.0231. The predicted molar refractivity (Wildman–Crippen MR) is 122 cm³/mol. The van der Waals surface area contributed by atoms with E-state index in [1.807, 2.05) is 61.5 Å². The molecule has 2 amide bonds. The molecular weight excluding hydrogens is 374 g/mol. The number of hydrogen-bond acceptors (Lipinski definition) is 3. The molecule has 1 heterocycles. The minimum Gasteiger partial charge on any atom is -0.371 e. The van der Waals surface area contributed by atoms with Gasteiger partial charge in [-0.2, -0.15) is 0 Å². The van der Waals surface area contributed by atoms with E-state index in [0.717, 1.165) is 42.7 Å². The average molecular weight is 408 g/mol. The molecule has 0 unspecified atom stereocenters. The zero-order chi connectivity index (χ0) is 21.5. The lowest BCUT2D eigenvalue weighted by Crippen LogP contribution is -2.45. The SMILES string of the molecule is CC(C)[C@H](C)NC(=O)c1ccccc1N1CCC(NC(=O)Cc2ccccc2)CC1. The van der Waals surface area contributed by atoms with Crippen molar-refractivity contribution in [2.24, 2.45) is 5.92 Å². The summed E-state index contributed by atoms with van der Waals surface area (Å²) in [5.74, 6) is 0.434. The molecule has 0 spiro atoms. The van der Waals surface area contributed by atoms with Gasteiger partial charge in [-0.3, -0.25) is 9.59 Å². The number of amides is 2. The standard InChI is InChI=1S/C25H33N3O2/c1-18(2)19(3)26-25(30)22-11-7-8-12-23(22)28-15-13-21(14-16-28)27-24(29)17-20-9-5-4-6-10-20/h4-12,18-19,21H,13-17H2,1-3H3,(H,26,30)(H,27,29)/t19-/m0/s1. The number of carbonyl (C=O) groups excluding carboxylic acids is 2. The second-order valence-corrected chi connectivity index (χ2v) is 8.51. The molecule has 2 aromatic carbocycles. The molecule has 1 saturated heterocycles. The minimum atomic E-state index is -0.0231. The molecule has 5 heteroatoms. The summed E-state index contributed by atoms with van der Waals surface area (Å²) in [6, 6.07) is 17.9. The van der Waals surface area contributed by atoms with Crippen LogP contribution < -0.4 is 15.5 Å². The highest BCUT2D eigenvalue weighted by molar-refractivity contribution is 6.00. The van der Waals surface area contributed by atoms with Gasteiger partial charge in [-0.15, -0.1) is 0 Å². The lowest BCUT2D eigenvalue weighted by atomic mass is 10.0. The first-order valence-corrected chi connectivity index (χ1v) is 10.9. The molecule has 0 saturated carbocycles. The highest BCUT2D eigenvalue weighted by Gasteiger charge is 2.24. The van der Waals surface area contributed by atoms with E-state index < -0.39 is 0 Å². The Bertz CT molecular complexity index is 842. The van der Waals surface area contributed by atoms with Crippen LogP contribution in [-0.2, 0) is 11.2 Å². The maximum Gasteiger partial charge on any atom is 0.253 e. The first kappa shape index (κ1) is 21.9. The summed E-state index contributed by atoms with van der Waals surface area (Å²) in [5, 5.41) is 6.28. The normalized spacial score (nSPS) is 15.7. The quantitative estimate of drug-likeness (QED) is 0.734. The van der Waals surface area contributed by atoms with Gasteiger partial charge < -0.3 is 15.5 Å². The van der Waals surface area contributed by atoms with Gasteiger partial charge in [0.2, 0.25) is 5.91 Å². The lowest BCUT2D eigenvalue weighted by molar-refractivity contribution is -0.121. The van der Waals surface area contributed by atoms with E-state index >= 15 is 0 Å². The Labute approximate surface area is 179 Å². The van der Waals surface area contributed by atoms with Crippen molar-refractivity contribution in [3.8, 4) is 0 Å². The molecule has 1 aliphatic heterocycles. The number of hydrogen-bond donors (Lipinski definition) is 2. The monoisotopic (exact) mass is 407 g/mol. The van der Waals surface area contributed by atoms with E-state index in [9.17, 15) is 9.59 Å². The maximum atomic E-state index is 12.8. The van der Waals surface area contributed by atoms with Crippen LogP contribution in [0, 0.1) is 5.92 Å². The van der Waals surface area contributed by atoms with E-state index in [-0.39, 0.29) is 23.9 Å². The number of piperidine rings is 1. The van der Waals surface area contributed by atoms with Crippen LogP contribution >= 0.6 is 0 Å². The number of anilines is 1. The smallest absolute Gasteiger partial charge is 0.253 e. The average Bonchev–Trinajstić information content (AvgIpc) is 2.75. The van der Waals surface area contributed by atoms with Crippen LogP contribution in [0.15, 0.2) is 54.6 Å². The topological polar surface area (TPSA) is 61.4 Å². The zero-order valence-electron chi connectivity index (χ0n) is 18.2. The summed E-state index contributed by atoms with van der Waals surface area (Å²) >= 11 is 0. The molecule has 1 aliphatic rings. The van der Waals surface area contributed by atoms with Crippen LogP contribution in [0.5, 0.6) is 0 Å². The molecule has 5 nitrogen and oxygen atoms in total. The van der Waals surface area contributed by atoms with Gasteiger partial charge in [0.25, 0.3) is 5.91 Å². The number of nitrogens with zero attached hydrogens (tertiary/aromatic N) is 1. The second-order valence-electron chi connectivity index (χ2n) is 8.51. The van der Waals surface area contributed by atoms with Gasteiger partial charge in [-0.05, 0) is 43.4 Å². The van der Waals surface area contributed by atoms with Crippen molar-refractivity contribution in [1.82, 2.24) is 10.6 Å². The van der Waals surface area contributed by atoms with Crippen LogP contribution in [0.1, 0.15) is 49.5 Å². The fraction of sp³-hybridized carbons (Fsp3) is 0.440. The maximum absolute atomic E-state index is 12.8. The van der Waals surface area contributed by atoms with Crippen molar-refractivity contribution in [3.63, 3.8) is 0 Å². The number of nitrogens with one attached hydrogen (secondary N) is 2. The van der Waals surface area contributed by atoms with Gasteiger partial charge in [-0.25, -0.2) is 0 Å². The number of carbonyl (C=O) groups is 2.